The number of carbonyl (C=O) groups excluding carboxylic acids is 2. The Morgan fingerprint density at radius 2 is 1.72 bits per heavy atom. The molecule has 2 N–H and O–H groups in total. The molecule has 1 aromatic heterocycles. The zero-order valence-corrected chi connectivity index (χ0v) is 24.7. The number of hydrogen-bond donors (Lipinski definition) is 2. The number of aromatic nitrogens is 2. The van der Waals surface area contributed by atoms with Crippen molar-refractivity contribution >= 4 is 34.2 Å². The van der Waals surface area contributed by atoms with Gasteiger partial charge in [0.2, 0.25) is 5.78 Å². The zero-order chi connectivity index (χ0) is 29.5. The number of amides is 1. The second-order valence-electron chi connectivity index (χ2n) is 12.1. The Bertz CT molecular complexity index is 1650. The Labute approximate surface area is 255 Å². The molecule has 9 heteroatoms. The maximum atomic E-state index is 13.2. The Hall–Kier alpha value is -3.72. The quantitative estimate of drug-likeness (QED) is 0.169. The molecule has 222 valence electrons. The van der Waals surface area contributed by atoms with Crippen LogP contribution >= 0.6 is 11.6 Å². The standard InChI is InChI=1S/C34H35ClN4O4/c35-28-17-24(9-14-31(28)43-27-12-13-27)32(40)30(20-38-15-1-2-16-38)36-34(42)33(41)22-5-3-21(4-6-22)23-7-8-25-19-39(26-10-11-26)37-29(25)18-23/h3-9,14,17-19,26-27,30,32,40H,1-2,10-13,15-16,20H2,(H,36,42). The van der Waals surface area contributed by atoms with Crippen LogP contribution in [-0.2, 0) is 4.79 Å². The number of benzene rings is 3. The highest BCUT2D eigenvalue weighted by atomic mass is 35.5. The van der Waals surface area contributed by atoms with E-state index in [1.54, 1.807) is 30.3 Å². The maximum Gasteiger partial charge on any atom is 0.292 e. The van der Waals surface area contributed by atoms with Crippen molar-refractivity contribution in [1.82, 2.24) is 20.0 Å². The van der Waals surface area contributed by atoms with Crippen LogP contribution < -0.4 is 10.1 Å². The van der Waals surface area contributed by atoms with Gasteiger partial charge in [-0.3, -0.25) is 14.3 Å². The number of nitrogens with one attached hydrogen (secondary N) is 1. The van der Waals surface area contributed by atoms with E-state index < -0.39 is 23.8 Å². The van der Waals surface area contributed by atoms with Crippen molar-refractivity contribution in [2.75, 3.05) is 19.6 Å². The molecule has 2 unspecified atom stereocenters. The average molecular weight is 599 g/mol. The second-order valence-corrected chi connectivity index (χ2v) is 12.5. The Balaban J connectivity index is 1.05. The molecule has 2 aliphatic carbocycles. The number of hydrogen-bond acceptors (Lipinski definition) is 6. The summed E-state index contributed by atoms with van der Waals surface area (Å²) in [6.07, 6.45) is 7.78. The molecule has 2 heterocycles. The fourth-order valence-electron chi connectivity index (χ4n) is 5.78. The molecule has 2 atom stereocenters. The van der Waals surface area contributed by atoms with Crippen LogP contribution in [0.2, 0.25) is 5.02 Å². The molecule has 3 aromatic carbocycles. The van der Waals surface area contributed by atoms with Crippen LogP contribution in [0, 0.1) is 0 Å². The molecule has 0 bridgehead atoms. The molecule has 0 radical (unpaired) electrons. The first-order valence-corrected chi connectivity index (χ1v) is 15.6. The van der Waals surface area contributed by atoms with Gasteiger partial charge in [-0.2, -0.15) is 5.10 Å². The van der Waals surface area contributed by atoms with Crippen molar-refractivity contribution in [3.8, 4) is 16.9 Å². The van der Waals surface area contributed by atoms with Crippen LogP contribution in [0.25, 0.3) is 22.0 Å². The van der Waals surface area contributed by atoms with Crippen LogP contribution in [0.15, 0.2) is 66.9 Å². The molecular weight excluding hydrogens is 564 g/mol. The van der Waals surface area contributed by atoms with Crippen molar-refractivity contribution < 1.29 is 19.4 Å². The van der Waals surface area contributed by atoms with Gasteiger partial charge in [-0.15, -0.1) is 0 Å². The van der Waals surface area contributed by atoms with Crippen molar-refractivity contribution in [2.45, 2.75) is 62.8 Å². The molecule has 3 fully saturated rings. The number of carbonyl (C=O) groups is 2. The van der Waals surface area contributed by atoms with E-state index >= 15 is 0 Å². The first-order valence-electron chi connectivity index (χ1n) is 15.2. The van der Waals surface area contributed by atoms with Crippen LogP contribution in [0.1, 0.15) is 66.6 Å². The molecule has 0 spiro atoms. The smallest absolute Gasteiger partial charge is 0.292 e. The topological polar surface area (TPSA) is 96.7 Å². The zero-order valence-electron chi connectivity index (χ0n) is 23.9. The lowest BCUT2D eigenvalue weighted by atomic mass is 9.99. The van der Waals surface area contributed by atoms with Crippen molar-refractivity contribution in [3.63, 3.8) is 0 Å². The third-order valence-electron chi connectivity index (χ3n) is 8.60. The summed E-state index contributed by atoms with van der Waals surface area (Å²) in [5.74, 6) is -0.801. The summed E-state index contributed by atoms with van der Waals surface area (Å²) in [6, 6.07) is 18.3. The molecule has 4 aromatic rings. The third-order valence-corrected chi connectivity index (χ3v) is 8.89. The molecular formula is C34H35ClN4O4. The summed E-state index contributed by atoms with van der Waals surface area (Å²) in [6.45, 7) is 2.20. The predicted molar refractivity (Wildman–Crippen MR) is 165 cm³/mol. The predicted octanol–water partition coefficient (Wildman–Crippen LogP) is 5.73. The normalized spacial score (nSPS) is 18.5. The summed E-state index contributed by atoms with van der Waals surface area (Å²) in [5.41, 5.74) is 3.73. The summed E-state index contributed by atoms with van der Waals surface area (Å²) in [7, 11) is 0. The third kappa shape index (κ3) is 6.32. The van der Waals surface area contributed by atoms with Crippen LogP contribution in [0.3, 0.4) is 0 Å². The number of nitrogens with zero attached hydrogens (tertiary/aromatic N) is 3. The molecule has 2 saturated carbocycles. The number of ketones is 1. The molecule has 8 nitrogen and oxygen atoms in total. The molecule has 7 rings (SSSR count). The SMILES string of the molecule is O=C(NC(CN1CCCC1)C(O)c1ccc(OC2CC2)c(Cl)c1)C(=O)c1ccc(-c2ccc3cn(C4CC4)nc3c2)cc1. The van der Waals surface area contributed by atoms with Crippen molar-refractivity contribution in [3.05, 3.63) is 83.0 Å². The number of Topliss-reactive ketones (excluding diaryl/α,β-unsaturated/α-hetero) is 1. The van der Waals surface area contributed by atoms with E-state index in [0.29, 0.717) is 34.5 Å². The van der Waals surface area contributed by atoms with E-state index in [1.807, 2.05) is 18.2 Å². The molecule has 43 heavy (non-hydrogen) atoms. The lowest BCUT2D eigenvalue weighted by Gasteiger charge is -2.28. The van der Waals surface area contributed by atoms with Gasteiger partial charge >= 0.3 is 0 Å². The van der Waals surface area contributed by atoms with Gasteiger partial charge in [0, 0.05) is 23.7 Å². The average Bonchev–Trinajstić information content (AvgIpc) is 3.95. The molecule has 1 amide bonds. The summed E-state index contributed by atoms with van der Waals surface area (Å²) >= 11 is 6.47. The summed E-state index contributed by atoms with van der Waals surface area (Å²) < 4.78 is 7.88. The number of rotatable bonds is 11. The first-order chi connectivity index (χ1) is 20.9. The lowest BCUT2D eigenvalue weighted by molar-refractivity contribution is -0.118. The lowest BCUT2D eigenvalue weighted by Crippen LogP contribution is -2.48. The number of aliphatic hydroxyl groups excluding tert-OH is 1. The number of likely N-dealkylation sites (tertiary alicyclic amines) is 1. The van der Waals surface area contributed by atoms with E-state index in [0.717, 1.165) is 60.8 Å². The van der Waals surface area contributed by atoms with Gasteiger partial charge in [0.1, 0.15) is 11.9 Å². The van der Waals surface area contributed by atoms with Gasteiger partial charge in [0.15, 0.2) is 0 Å². The van der Waals surface area contributed by atoms with E-state index in [2.05, 4.69) is 33.2 Å². The van der Waals surface area contributed by atoms with Gasteiger partial charge in [0.05, 0.1) is 28.7 Å². The number of fused-ring (bicyclic) bond motifs is 1. The highest BCUT2D eigenvalue weighted by Crippen LogP contribution is 2.36. The first kappa shape index (κ1) is 28.1. The minimum atomic E-state index is -1.05. The molecule has 1 saturated heterocycles. The number of ether oxygens (including phenoxy) is 1. The van der Waals surface area contributed by atoms with Crippen LogP contribution in [0.5, 0.6) is 5.75 Å². The molecule has 1 aliphatic heterocycles. The van der Waals surface area contributed by atoms with Crippen molar-refractivity contribution in [1.29, 1.82) is 0 Å². The monoisotopic (exact) mass is 598 g/mol. The number of halogens is 1. The maximum absolute atomic E-state index is 13.2. The van der Waals surface area contributed by atoms with E-state index in [9.17, 15) is 14.7 Å². The van der Waals surface area contributed by atoms with Gasteiger partial charge in [-0.1, -0.05) is 54.1 Å². The van der Waals surface area contributed by atoms with E-state index in [4.69, 9.17) is 21.4 Å². The van der Waals surface area contributed by atoms with Gasteiger partial charge in [-0.25, -0.2) is 0 Å². The highest BCUT2D eigenvalue weighted by Gasteiger charge is 2.30. The minimum Gasteiger partial charge on any atom is -0.489 e. The Morgan fingerprint density at radius 1 is 0.977 bits per heavy atom. The second kappa shape index (κ2) is 11.8. The minimum absolute atomic E-state index is 0.205. The Kier molecular flexibility index (Phi) is 7.67. The fourth-order valence-corrected chi connectivity index (χ4v) is 6.02. The van der Waals surface area contributed by atoms with Gasteiger partial charge in [0.25, 0.3) is 5.91 Å². The Morgan fingerprint density at radius 3 is 2.42 bits per heavy atom. The summed E-state index contributed by atoms with van der Waals surface area (Å²) in [4.78, 5) is 28.6. The van der Waals surface area contributed by atoms with E-state index in [-0.39, 0.29) is 6.10 Å². The number of aliphatic hydroxyl groups is 1. The van der Waals surface area contributed by atoms with Gasteiger partial charge < -0.3 is 20.1 Å². The van der Waals surface area contributed by atoms with Crippen molar-refractivity contribution in [2.24, 2.45) is 0 Å². The van der Waals surface area contributed by atoms with Gasteiger partial charge in [-0.05, 0) is 86.5 Å². The summed E-state index contributed by atoms with van der Waals surface area (Å²) in [5, 5.41) is 20.4. The molecule has 3 aliphatic rings. The largest absolute Gasteiger partial charge is 0.489 e. The van der Waals surface area contributed by atoms with Crippen LogP contribution in [0.4, 0.5) is 0 Å². The fraction of sp³-hybridized carbons (Fsp3) is 0.382. The van der Waals surface area contributed by atoms with E-state index in [1.165, 1.54) is 12.8 Å². The van der Waals surface area contributed by atoms with Crippen LogP contribution in [-0.4, -0.2) is 63.3 Å². The highest BCUT2D eigenvalue weighted by molar-refractivity contribution is 6.42.